The van der Waals surface area contributed by atoms with Gasteiger partial charge in [-0.1, -0.05) is 95.9 Å². The Bertz CT molecular complexity index is 1360. The molecule has 0 saturated heterocycles. The number of aryl methyl sites for hydroxylation is 2. The lowest BCUT2D eigenvalue weighted by Crippen LogP contribution is -2.65. The molecule has 0 amide bonds. The predicted octanol–water partition coefficient (Wildman–Crippen LogP) is 4.57. The SMILES string of the molecule is CC1=c2ccccc2=C(C(C)(C)C)N(C)B1c1n(-c2c(C(C)C)cc(C)cc2C(C)C)cc[n+]1C. The van der Waals surface area contributed by atoms with Crippen molar-refractivity contribution in [3.8, 4) is 5.69 Å². The van der Waals surface area contributed by atoms with Gasteiger partial charge in [-0.2, -0.15) is 0 Å². The van der Waals surface area contributed by atoms with Gasteiger partial charge in [0.1, 0.15) is 18.1 Å². The number of benzene rings is 2. The fourth-order valence-electron chi connectivity index (χ4n) is 6.09. The number of hydrogen-bond acceptors (Lipinski definition) is 1. The number of hydrogen-bond donors (Lipinski definition) is 0. The second-order valence-corrected chi connectivity index (χ2v) is 12.1. The molecule has 0 bridgehead atoms. The van der Waals surface area contributed by atoms with E-state index in [1.165, 1.54) is 49.7 Å². The molecule has 0 unspecified atom stereocenters. The van der Waals surface area contributed by atoms with E-state index in [4.69, 9.17) is 0 Å². The van der Waals surface area contributed by atoms with Crippen LogP contribution in [0.3, 0.4) is 0 Å². The van der Waals surface area contributed by atoms with Gasteiger partial charge in [-0.05, 0) is 43.2 Å². The zero-order valence-corrected chi connectivity index (χ0v) is 23.7. The van der Waals surface area contributed by atoms with Crippen LogP contribution in [0.1, 0.15) is 83.9 Å². The van der Waals surface area contributed by atoms with E-state index >= 15 is 0 Å². The van der Waals surface area contributed by atoms with Crippen LogP contribution >= 0.6 is 0 Å². The Kier molecular flexibility index (Phi) is 6.55. The van der Waals surface area contributed by atoms with Gasteiger partial charge in [0.05, 0.1) is 7.05 Å². The third-order valence-electron chi connectivity index (χ3n) is 7.56. The molecular weight excluding hydrogens is 425 g/mol. The summed E-state index contributed by atoms with van der Waals surface area (Å²) in [5.41, 5.74) is 9.65. The lowest BCUT2D eigenvalue weighted by molar-refractivity contribution is -0.653. The van der Waals surface area contributed by atoms with Crippen LogP contribution in [0.15, 0.2) is 48.8 Å². The number of imidazole rings is 1. The molecule has 1 aliphatic heterocycles. The molecule has 4 rings (SSSR count). The Morgan fingerprint density at radius 2 is 1.43 bits per heavy atom. The molecule has 0 atom stereocenters. The number of rotatable bonds is 4. The number of fused-ring (bicyclic) bond motifs is 1. The summed E-state index contributed by atoms with van der Waals surface area (Å²) in [7, 11) is 4.48. The van der Waals surface area contributed by atoms with Crippen molar-refractivity contribution in [1.29, 1.82) is 0 Å². The molecule has 1 aromatic heterocycles. The molecule has 3 aromatic rings. The van der Waals surface area contributed by atoms with E-state index in [0.29, 0.717) is 11.8 Å². The maximum Gasteiger partial charge on any atom is 0.424 e. The highest BCUT2D eigenvalue weighted by Gasteiger charge is 2.43. The van der Waals surface area contributed by atoms with Crippen LogP contribution in [0.5, 0.6) is 0 Å². The minimum absolute atomic E-state index is 0.0237. The molecule has 3 nitrogen and oxygen atoms in total. The summed E-state index contributed by atoms with van der Waals surface area (Å²) in [4.78, 5) is 2.53. The molecule has 0 aliphatic carbocycles. The first-order chi connectivity index (χ1) is 16.3. The first-order valence-electron chi connectivity index (χ1n) is 13.1. The first-order valence-corrected chi connectivity index (χ1v) is 13.1. The van der Waals surface area contributed by atoms with E-state index in [2.05, 4.69) is 139 Å². The molecule has 2 heterocycles. The maximum absolute atomic E-state index is 2.53. The molecule has 0 N–H and O–H groups in total. The topological polar surface area (TPSA) is 12.1 Å². The van der Waals surface area contributed by atoms with Crippen LogP contribution in [0.2, 0.25) is 0 Å². The van der Waals surface area contributed by atoms with Crippen molar-refractivity contribution in [2.24, 2.45) is 12.5 Å². The van der Waals surface area contributed by atoms with E-state index in [0.717, 1.165) is 0 Å². The van der Waals surface area contributed by atoms with Crippen molar-refractivity contribution in [3.63, 3.8) is 0 Å². The van der Waals surface area contributed by atoms with Gasteiger partial charge >= 0.3 is 6.85 Å². The van der Waals surface area contributed by atoms with Crippen LogP contribution in [0, 0.1) is 12.3 Å². The van der Waals surface area contributed by atoms with Crippen LogP contribution in [-0.2, 0) is 7.05 Å². The Morgan fingerprint density at radius 3 is 1.94 bits per heavy atom. The van der Waals surface area contributed by atoms with Gasteiger partial charge in [-0.15, -0.1) is 0 Å². The van der Waals surface area contributed by atoms with E-state index < -0.39 is 0 Å². The fraction of sp³-hybridized carbons (Fsp3) is 0.452. The normalized spacial score (nSPS) is 14.4. The van der Waals surface area contributed by atoms with Gasteiger partial charge < -0.3 is 4.81 Å². The second-order valence-electron chi connectivity index (χ2n) is 12.1. The van der Waals surface area contributed by atoms with Crippen LogP contribution in [0.25, 0.3) is 16.9 Å². The van der Waals surface area contributed by atoms with Gasteiger partial charge in [0.25, 0.3) is 0 Å². The summed E-state index contributed by atoms with van der Waals surface area (Å²) in [6.07, 6.45) is 4.50. The summed E-state index contributed by atoms with van der Waals surface area (Å²) < 4.78 is 4.82. The van der Waals surface area contributed by atoms with E-state index in [1.54, 1.807) is 0 Å². The summed E-state index contributed by atoms with van der Waals surface area (Å²) in [5, 5.41) is 2.73. The average Bonchev–Trinajstić information content (AvgIpc) is 3.13. The summed E-state index contributed by atoms with van der Waals surface area (Å²) >= 11 is 0. The molecule has 4 heteroatoms. The Labute approximate surface area is 212 Å². The van der Waals surface area contributed by atoms with Crippen molar-refractivity contribution in [1.82, 2.24) is 9.38 Å². The molecule has 2 aromatic carbocycles. The van der Waals surface area contributed by atoms with Gasteiger partial charge in [0, 0.05) is 22.2 Å². The molecule has 184 valence electrons. The van der Waals surface area contributed by atoms with Crippen molar-refractivity contribution >= 4 is 23.7 Å². The minimum Gasteiger partial charge on any atom is -0.406 e. The largest absolute Gasteiger partial charge is 0.424 e. The molecule has 0 radical (unpaired) electrons. The molecule has 1 aliphatic rings. The lowest BCUT2D eigenvalue weighted by Gasteiger charge is -2.38. The van der Waals surface area contributed by atoms with Crippen LogP contribution < -0.4 is 20.7 Å². The monoisotopic (exact) mass is 468 g/mol. The predicted molar refractivity (Wildman–Crippen MR) is 151 cm³/mol. The first kappa shape index (κ1) is 25.4. The van der Waals surface area contributed by atoms with Crippen molar-refractivity contribution < 1.29 is 4.57 Å². The fourth-order valence-corrected chi connectivity index (χ4v) is 6.09. The smallest absolute Gasteiger partial charge is 0.406 e. The van der Waals surface area contributed by atoms with Gasteiger partial charge in [-0.3, -0.25) is 0 Å². The van der Waals surface area contributed by atoms with Gasteiger partial charge in [0.2, 0.25) is 5.72 Å². The highest BCUT2D eigenvalue weighted by Crippen LogP contribution is 2.34. The minimum atomic E-state index is 0.0237. The third-order valence-corrected chi connectivity index (χ3v) is 7.56. The Hall–Kier alpha value is -2.75. The zero-order valence-electron chi connectivity index (χ0n) is 23.7. The molecular formula is C31H43BN3+. The van der Waals surface area contributed by atoms with Crippen molar-refractivity contribution in [3.05, 3.63) is 75.9 Å². The lowest BCUT2D eigenvalue weighted by atomic mass is 9.50. The Balaban J connectivity index is 2.08. The zero-order chi connectivity index (χ0) is 25.8. The second kappa shape index (κ2) is 9.04. The average molecular weight is 469 g/mol. The van der Waals surface area contributed by atoms with Gasteiger partial charge in [-0.25, -0.2) is 9.13 Å². The standard InChI is InChI=1S/C31H43BN3/c1-20(2)26-18-22(5)19-27(21(3)4)28(26)35-17-16-33(10)30(35)32-23(6)24-14-12-13-15-25(24)29(34(32)11)31(7,8)9/h12-21H,1-11H3/q+1. The number of nitrogens with zero attached hydrogens (tertiary/aromatic N) is 3. The molecule has 0 fully saturated rings. The van der Waals surface area contributed by atoms with E-state index in [-0.39, 0.29) is 12.3 Å². The quantitative estimate of drug-likeness (QED) is 0.404. The molecule has 35 heavy (non-hydrogen) atoms. The van der Waals surface area contributed by atoms with Crippen molar-refractivity contribution in [2.45, 2.75) is 74.1 Å². The summed E-state index contributed by atoms with van der Waals surface area (Å²) in [6.45, 7) is 21.0. The number of aromatic nitrogens is 2. The summed E-state index contributed by atoms with van der Waals surface area (Å²) in [5.74, 6) is 0.879. The highest BCUT2D eigenvalue weighted by molar-refractivity contribution is 6.85. The van der Waals surface area contributed by atoms with Crippen molar-refractivity contribution in [2.75, 3.05) is 7.05 Å². The van der Waals surface area contributed by atoms with Gasteiger partial charge in [0.15, 0.2) is 0 Å². The third kappa shape index (κ3) is 4.26. The summed E-state index contributed by atoms with van der Waals surface area (Å²) in [6, 6.07) is 13.7. The van der Waals surface area contributed by atoms with E-state index in [9.17, 15) is 0 Å². The molecule has 0 spiro atoms. The van der Waals surface area contributed by atoms with E-state index in [1.807, 2.05) is 0 Å². The van der Waals surface area contributed by atoms with Crippen LogP contribution in [0.4, 0.5) is 0 Å². The van der Waals surface area contributed by atoms with Crippen LogP contribution in [-0.4, -0.2) is 23.3 Å². The Morgan fingerprint density at radius 1 is 0.886 bits per heavy atom. The maximum atomic E-state index is 2.53. The molecule has 0 saturated carbocycles. The highest BCUT2D eigenvalue weighted by atomic mass is 15.2.